The highest BCUT2D eigenvalue weighted by Crippen LogP contribution is 2.38. The van der Waals surface area contributed by atoms with Crippen LogP contribution in [0.5, 0.6) is 0 Å². The SMILES string of the molecule is C=C/C=C(\C(=C/C)NC(=C)c1nc(-c2cc(C(=O)NC(C)C)ccc2F)ccc1N)N1CCCC2(CCNC2)C1. The van der Waals surface area contributed by atoms with Gasteiger partial charge in [-0.25, -0.2) is 9.37 Å². The molecule has 40 heavy (non-hydrogen) atoms. The smallest absolute Gasteiger partial charge is 0.251 e. The zero-order valence-electron chi connectivity index (χ0n) is 23.8. The number of nitrogens with two attached hydrogens (primary N) is 1. The number of anilines is 1. The Labute approximate surface area is 237 Å². The molecule has 1 amide bonds. The third kappa shape index (κ3) is 6.45. The number of pyridine rings is 1. The first-order chi connectivity index (χ1) is 19.2. The van der Waals surface area contributed by atoms with Gasteiger partial charge in [0, 0.05) is 42.2 Å². The molecule has 0 saturated carbocycles. The number of carbonyl (C=O) groups is 1. The lowest BCUT2D eigenvalue weighted by Crippen LogP contribution is -2.44. The predicted molar refractivity (Wildman–Crippen MR) is 162 cm³/mol. The maximum Gasteiger partial charge on any atom is 0.251 e. The fourth-order valence-corrected chi connectivity index (χ4v) is 5.61. The Morgan fingerprint density at radius 1 is 1.27 bits per heavy atom. The molecule has 2 fully saturated rings. The van der Waals surface area contributed by atoms with Gasteiger partial charge >= 0.3 is 0 Å². The number of nitrogen functional groups attached to an aromatic ring is 1. The van der Waals surface area contributed by atoms with Crippen molar-refractivity contribution in [3.05, 3.63) is 90.2 Å². The molecule has 1 aromatic carbocycles. The molecule has 7 nitrogen and oxygen atoms in total. The Morgan fingerprint density at radius 3 is 2.75 bits per heavy atom. The van der Waals surface area contributed by atoms with Gasteiger partial charge in [0.25, 0.3) is 5.91 Å². The predicted octanol–water partition coefficient (Wildman–Crippen LogP) is 5.22. The van der Waals surface area contributed by atoms with E-state index in [1.165, 1.54) is 31.0 Å². The number of amides is 1. The van der Waals surface area contributed by atoms with Crippen LogP contribution in [0.3, 0.4) is 0 Å². The Kier molecular flexibility index (Phi) is 9.10. The molecule has 8 heteroatoms. The Morgan fingerprint density at radius 2 is 2.08 bits per heavy atom. The average Bonchev–Trinajstić information content (AvgIpc) is 3.37. The monoisotopic (exact) mass is 544 g/mol. The number of piperidine rings is 1. The summed E-state index contributed by atoms with van der Waals surface area (Å²) >= 11 is 0. The summed E-state index contributed by atoms with van der Waals surface area (Å²) in [6.07, 6.45) is 9.37. The minimum absolute atomic E-state index is 0.0391. The van der Waals surface area contributed by atoms with Crippen molar-refractivity contribution in [3.63, 3.8) is 0 Å². The fraction of sp³-hybridized carbons (Fsp3) is 0.375. The second-order valence-electron chi connectivity index (χ2n) is 11.0. The van der Waals surface area contributed by atoms with E-state index in [2.05, 4.69) is 39.0 Å². The van der Waals surface area contributed by atoms with Gasteiger partial charge in [0.2, 0.25) is 0 Å². The number of aromatic nitrogens is 1. The van der Waals surface area contributed by atoms with Gasteiger partial charge in [-0.3, -0.25) is 4.79 Å². The van der Waals surface area contributed by atoms with E-state index in [-0.39, 0.29) is 17.5 Å². The first kappa shape index (κ1) is 29.1. The number of nitrogens with zero attached hydrogens (tertiary/aromatic N) is 2. The molecule has 2 aliphatic rings. The minimum Gasteiger partial charge on any atom is -0.397 e. The van der Waals surface area contributed by atoms with Crippen molar-refractivity contribution in [1.29, 1.82) is 0 Å². The lowest BCUT2D eigenvalue weighted by molar-refractivity contribution is 0.0943. The largest absolute Gasteiger partial charge is 0.397 e. The maximum atomic E-state index is 14.9. The van der Waals surface area contributed by atoms with Crippen LogP contribution in [0.4, 0.5) is 10.1 Å². The molecule has 4 rings (SSSR count). The van der Waals surface area contributed by atoms with Gasteiger partial charge in [-0.2, -0.15) is 0 Å². The third-order valence-corrected chi connectivity index (χ3v) is 7.60. The number of nitrogens with one attached hydrogen (secondary N) is 3. The summed E-state index contributed by atoms with van der Waals surface area (Å²) in [5.41, 5.74) is 10.8. The molecular weight excluding hydrogens is 503 g/mol. The van der Waals surface area contributed by atoms with Gasteiger partial charge in [-0.1, -0.05) is 25.3 Å². The second kappa shape index (κ2) is 12.5. The van der Waals surface area contributed by atoms with Crippen LogP contribution in [0, 0.1) is 11.2 Å². The fourth-order valence-electron chi connectivity index (χ4n) is 5.61. The van der Waals surface area contributed by atoms with Crippen LogP contribution >= 0.6 is 0 Å². The molecule has 3 heterocycles. The number of likely N-dealkylation sites (tertiary alicyclic amines) is 1. The molecule has 0 aliphatic carbocycles. The highest BCUT2D eigenvalue weighted by Gasteiger charge is 2.38. The van der Waals surface area contributed by atoms with Crippen LogP contribution in [-0.2, 0) is 0 Å². The van der Waals surface area contributed by atoms with E-state index in [4.69, 9.17) is 5.73 Å². The summed E-state index contributed by atoms with van der Waals surface area (Å²) in [5.74, 6) is -0.751. The highest BCUT2D eigenvalue weighted by molar-refractivity contribution is 5.95. The zero-order chi connectivity index (χ0) is 28.9. The Bertz CT molecular complexity index is 1340. The quantitative estimate of drug-likeness (QED) is 0.324. The summed E-state index contributed by atoms with van der Waals surface area (Å²) < 4.78 is 14.9. The van der Waals surface area contributed by atoms with Crippen molar-refractivity contribution in [2.45, 2.75) is 46.1 Å². The Balaban J connectivity index is 1.59. The van der Waals surface area contributed by atoms with E-state index < -0.39 is 5.82 Å². The number of hydrogen-bond donors (Lipinski definition) is 4. The summed E-state index contributed by atoms with van der Waals surface area (Å²) in [4.78, 5) is 19.6. The summed E-state index contributed by atoms with van der Waals surface area (Å²) in [6.45, 7) is 17.9. The molecule has 0 bridgehead atoms. The zero-order valence-corrected chi connectivity index (χ0v) is 23.8. The highest BCUT2D eigenvalue weighted by atomic mass is 19.1. The van der Waals surface area contributed by atoms with Gasteiger partial charge in [-0.05, 0) is 83.0 Å². The molecule has 1 atom stereocenters. The van der Waals surface area contributed by atoms with Crippen LogP contribution < -0.4 is 21.7 Å². The van der Waals surface area contributed by atoms with Crippen molar-refractivity contribution in [2.24, 2.45) is 5.41 Å². The second-order valence-corrected chi connectivity index (χ2v) is 11.0. The van der Waals surface area contributed by atoms with Crippen LogP contribution in [0.2, 0.25) is 0 Å². The first-order valence-electron chi connectivity index (χ1n) is 13.9. The molecule has 212 valence electrons. The number of carbonyl (C=O) groups excluding carboxylic acids is 1. The average molecular weight is 545 g/mol. The number of benzene rings is 1. The van der Waals surface area contributed by atoms with Crippen molar-refractivity contribution in [2.75, 3.05) is 31.9 Å². The summed E-state index contributed by atoms with van der Waals surface area (Å²) in [7, 11) is 0. The van der Waals surface area contributed by atoms with Crippen LogP contribution in [-0.4, -0.2) is 48.0 Å². The van der Waals surface area contributed by atoms with Gasteiger partial charge in [0.1, 0.15) is 11.5 Å². The molecule has 2 aliphatic heterocycles. The number of hydrogen-bond acceptors (Lipinski definition) is 6. The molecule has 1 aromatic heterocycles. The van der Waals surface area contributed by atoms with E-state index >= 15 is 0 Å². The first-order valence-corrected chi connectivity index (χ1v) is 13.9. The van der Waals surface area contributed by atoms with Gasteiger partial charge < -0.3 is 26.6 Å². The van der Waals surface area contributed by atoms with Crippen molar-refractivity contribution in [3.8, 4) is 11.3 Å². The van der Waals surface area contributed by atoms with Crippen LogP contribution in [0.1, 0.15) is 56.1 Å². The minimum atomic E-state index is -0.478. The standard InChI is InChI=1S/C32H41FN6O/c1-6-9-29(39-17-8-14-32(20-39)15-16-35-19-32)27(7-2)37-22(5)30-26(34)12-13-28(38-30)24-18-23(10-11-25(24)33)31(40)36-21(3)4/h6-7,9-13,18,21,35,37H,1,5,8,14-17,19-20,34H2,2-4H3,(H,36,40)/b27-7+,29-9+. The van der Waals surface area contributed by atoms with Crippen molar-refractivity contribution < 1.29 is 9.18 Å². The number of halogens is 1. The maximum absolute atomic E-state index is 14.9. The van der Waals surface area contributed by atoms with E-state index in [1.807, 2.05) is 32.9 Å². The molecular formula is C32H41FN6O. The number of rotatable bonds is 9. The topological polar surface area (TPSA) is 95.3 Å². The van der Waals surface area contributed by atoms with E-state index in [0.29, 0.717) is 33.8 Å². The van der Waals surface area contributed by atoms with Crippen LogP contribution in [0.25, 0.3) is 17.0 Å². The van der Waals surface area contributed by atoms with Crippen molar-refractivity contribution in [1.82, 2.24) is 25.8 Å². The van der Waals surface area contributed by atoms with Gasteiger partial charge in [-0.15, -0.1) is 0 Å². The normalized spacial score (nSPS) is 19.7. The summed E-state index contributed by atoms with van der Waals surface area (Å²) in [6, 6.07) is 7.55. The number of allylic oxidation sites excluding steroid dienone is 3. The van der Waals surface area contributed by atoms with Crippen molar-refractivity contribution >= 4 is 17.3 Å². The molecule has 1 unspecified atom stereocenters. The lowest BCUT2D eigenvalue weighted by atomic mass is 9.79. The Hall–Kier alpha value is -3.91. The van der Waals surface area contributed by atoms with E-state index in [1.54, 1.807) is 18.2 Å². The molecule has 0 radical (unpaired) electrons. The van der Waals surface area contributed by atoms with Gasteiger partial charge in [0.05, 0.1) is 28.5 Å². The molecule has 2 saturated heterocycles. The lowest BCUT2D eigenvalue weighted by Gasteiger charge is -2.42. The molecule has 5 N–H and O–H groups in total. The van der Waals surface area contributed by atoms with E-state index in [0.717, 1.165) is 44.0 Å². The van der Waals surface area contributed by atoms with Gasteiger partial charge in [0.15, 0.2) is 0 Å². The molecule has 2 aromatic rings. The third-order valence-electron chi connectivity index (χ3n) is 7.60. The van der Waals surface area contributed by atoms with Crippen LogP contribution in [0.15, 0.2) is 73.1 Å². The summed E-state index contributed by atoms with van der Waals surface area (Å²) in [5, 5.41) is 9.79. The molecule has 1 spiro atoms. The van der Waals surface area contributed by atoms with E-state index in [9.17, 15) is 9.18 Å².